The number of benzene rings is 2. The van der Waals surface area contributed by atoms with Crippen molar-refractivity contribution in [2.45, 2.75) is 24.8 Å². The zero-order valence-electron chi connectivity index (χ0n) is 17.4. The van der Waals surface area contributed by atoms with Crippen molar-refractivity contribution < 1.29 is 27.5 Å². The Labute approximate surface area is 185 Å². The highest BCUT2D eigenvalue weighted by Crippen LogP contribution is 2.22. The van der Waals surface area contributed by atoms with E-state index in [0.29, 0.717) is 23.4 Å². The minimum absolute atomic E-state index is 0.0386. The van der Waals surface area contributed by atoms with Gasteiger partial charge in [-0.05, 0) is 44.2 Å². The van der Waals surface area contributed by atoms with Crippen LogP contribution in [0.1, 0.15) is 29.8 Å². The van der Waals surface area contributed by atoms with E-state index in [1.807, 2.05) is 0 Å². The van der Waals surface area contributed by atoms with E-state index < -0.39 is 34.5 Å². The van der Waals surface area contributed by atoms with Crippen molar-refractivity contribution in [3.63, 3.8) is 0 Å². The maximum absolute atomic E-state index is 12.2. The van der Waals surface area contributed by atoms with Crippen LogP contribution in [0, 0.1) is 0 Å². The quantitative estimate of drug-likeness (QED) is 0.529. The van der Waals surface area contributed by atoms with E-state index >= 15 is 0 Å². The summed E-state index contributed by atoms with van der Waals surface area (Å²) in [4.78, 5) is 40.4. The molecule has 0 spiro atoms. The number of sulfonamides is 1. The van der Waals surface area contributed by atoms with Crippen LogP contribution >= 0.6 is 0 Å². The molecule has 1 atom stereocenters. The van der Waals surface area contributed by atoms with Gasteiger partial charge < -0.3 is 15.4 Å². The number of rotatable bonds is 7. The van der Waals surface area contributed by atoms with Crippen LogP contribution in [0.4, 0.5) is 5.69 Å². The molecule has 0 aromatic heterocycles. The maximum Gasteiger partial charge on any atom is 0.331 e. The number of amides is 2. The van der Waals surface area contributed by atoms with Crippen molar-refractivity contribution in [2.75, 3.05) is 18.5 Å². The first-order valence-electron chi connectivity index (χ1n) is 9.76. The molecule has 0 saturated heterocycles. The van der Waals surface area contributed by atoms with E-state index in [9.17, 15) is 22.8 Å². The van der Waals surface area contributed by atoms with Gasteiger partial charge in [-0.1, -0.05) is 18.2 Å². The largest absolute Gasteiger partial charge is 0.454 e. The zero-order valence-corrected chi connectivity index (χ0v) is 18.2. The number of carbonyl (C=O) groups is 3. The number of hydrogen-bond acceptors (Lipinski definition) is 7. The van der Waals surface area contributed by atoms with Crippen molar-refractivity contribution in [1.82, 2.24) is 10.0 Å². The van der Waals surface area contributed by atoms with Crippen LogP contribution in [-0.2, 0) is 24.3 Å². The number of carbonyl (C=O) groups excluding carboxylic acids is 3. The molecular weight excluding hydrogens is 436 g/mol. The molecule has 0 unspecified atom stereocenters. The van der Waals surface area contributed by atoms with Crippen molar-refractivity contribution in [2.24, 2.45) is 4.99 Å². The van der Waals surface area contributed by atoms with Crippen LogP contribution in [0.15, 0.2) is 58.4 Å². The van der Waals surface area contributed by atoms with E-state index in [1.165, 1.54) is 19.1 Å². The molecule has 0 radical (unpaired) electrons. The maximum atomic E-state index is 12.2. The van der Waals surface area contributed by atoms with Gasteiger partial charge in [0.05, 0.1) is 4.90 Å². The number of anilines is 1. The zero-order chi connectivity index (χ0) is 23.3. The Balaban J connectivity index is 1.58. The number of nitrogens with one attached hydrogen (secondary N) is 3. The molecule has 1 heterocycles. The first-order chi connectivity index (χ1) is 15.2. The molecule has 0 fully saturated rings. The van der Waals surface area contributed by atoms with Gasteiger partial charge in [-0.15, -0.1) is 0 Å². The highest BCUT2D eigenvalue weighted by Gasteiger charge is 2.31. The minimum atomic E-state index is -3.73. The van der Waals surface area contributed by atoms with Gasteiger partial charge in [0.25, 0.3) is 21.8 Å². The predicted molar refractivity (Wildman–Crippen MR) is 117 cm³/mol. The molecule has 168 valence electrons. The molecule has 2 aromatic rings. The predicted octanol–water partition coefficient (Wildman–Crippen LogP) is 1.05. The second-order valence-corrected chi connectivity index (χ2v) is 8.50. The van der Waals surface area contributed by atoms with Crippen LogP contribution in [0.3, 0.4) is 0 Å². The number of hydrogen-bond donors (Lipinski definition) is 3. The summed E-state index contributed by atoms with van der Waals surface area (Å²) in [5.74, 6) is -1.63. The molecular formula is C21H22N4O6S. The Hall–Kier alpha value is -3.73. The van der Waals surface area contributed by atoms with Crippen molar-refractivity contribution >= 4 is 39.3 Å². The number of aliphatic imine (C=N–C) groups is 1. The monoisotopic (exact) mass is 458 g/mol. The fourth-order valence-electron chi connectivity index (χ4n) is 2.93. The molecule has 1 aliphatic rings. The van der Waals surface area contributed by atoms with Gasteiger partial charge >= 0.3 is 5.97 Å². The Morgan fingerprint density at radius 2 is 1.88 bits per heavy atom. The molecule has 0 aliphatic carbocycles. The molecule has 11 heteroatoms. The first-order valence-corrected chi connectivity index (χ1v) is 11.2. The van der Waals surface area contributed by atoms with E-state index in [1.54, 1.807) is 43.3 Å². The molecule has 2 amide bonds. The van der Waals surface area contributed by atoms with Crippen LogP contribution < -0.4 is 15.4 Å². The summed E-state index contributed by atoms with van der Waals surface area (Å²) in [6.45, 7) is 3.13. The van der Waals surface area contributed by atoms with E-state index in [4.69, 9.17) is 4.74 Å². The van der Waals surface area contributed by atoms with Crippen molar-refractivity contribution in [3.8, 4) is 0 Å². The molecule has 32 heavy (non-hydrogen) atoms. The summed E-state index contributed by atoms with van der Waals surface area (Å²) in [6, 6.07) is 11.5. The Kier molecular flexibility index (Phi) is 6.89. The van der Waals surface area contributed by atoms with Gasteiger partial charge in [0.15, 0.2) is 6.61 Å². The number of nitrogens with zero attached hydrogens (tertiary/aromatic N) is 1. The molecule has 3 rings (SSSR count). The third-order valence-electron chi connectivity index (χ3n) is 4.42. The lowest BCUT2D eigenvalue weighted by atomic mass is 10.2. The topological polar surface area (TPSA) is 143 Å². The lowest BCUT2D eigenvalue weighted by Gasteiger charge is -2.10. The van der Waals surface area contributed by atoms with Gasteiger partial charge in [0.2, 0.25) is 0 Å². The molecule has 10 nitrogen and oxygen atoms in total. The first kappa shape index (κ1) is 22.9. The number of fused-ring (bicyclic) bond motifs is 1. The van der Waals surface area contributed by atoms with Crippen LogP contribution in [0.5, 0.6) is 0 Å². The van der Waals surface area contributed by atoms with Gasteiger partial charge in [0, 0.05) is 23.4 Å². The van der Waals surface area contributed by atoms with Crippen molar-refractivity contribution in [1.29, 1.82) is 0 Å². The normalized spacial score (nSPS) is 15.9. The van der Waals surface area contributed by atoms with E-state index in [-0.39, 0.29) is 16.6 Å². The molecule has 2 aromatic carbocycles. The number of esters is 1. The summed E-state index contributed by atoms with van der Waals surface area (Å²) in [7, 11) is -3.73. The average Bonchev–Trinajstić information content (AvgIpc) is 3.02. The number of ether oxygens (including phenoxy) is 1. The smallest absolute Gasteiger partial charge is 0.331 e. The lowest BCUT2D eigenvalue weighted by molar-refractivity contribution is -0.148. The fraction of sp³-hybridized carbons (Fsp3) is 0.238. The van der Waals surface area contributed by atoms with E-state index in [2.05, 4.69) is 20.3 Å². The second kappa shape index (κ2) is 9.60. The molecule has 1 aliphatic heterocycles. The SMILES string of the molecule is CCNC(=O)c1cccc(NC(=O)COC(=O)[C@H](C)N=C2NS(=O)(=O)c3ccccc32)c1. The summed E-state index contributed by atoms with van der Waals surface area (Å²) in [6.07, 6.45) is 0. The Morgan fingerprint density at radius 1 is 1.12 bits per heavy atom. The minimum Gasteiger partial charge on any atom is -0.454 e. The second-order valence-electron chi connectivity index (χ2n) is 6.85. The van der Waals surface area contributed by atoms with Crippen molar-refractivity contribution in [3.05, 3.63) is 59.7 Å². The average molecular weight is 458 g/mol. The number of amidine groups is 1. The lowest BCUT2D eigenvalue weighted by Crippen LogP contribution is -2.29. The standard InChI is InChI=1S/C21H22N4O6S/c1-3-22-20(27)14-7-6-8-15(11-14)24-18(26)12-31-21(28)13(2)23-19-16-9-4-5-10-17(16)32(29,30)25-19/h4-11,13H,3,12H2,1-2H3,(H,22,27)(H,23,25)(H,24,26)/t13-/m0/s1. The van der Waals surface area contributed by atoms with Gasteiger partial charge in [-0.25, -0.2) is 13.2 Å². The fourth-order valence-corrected chi connectivity index (χ4v) is 4.17. The summed E-state index contributed by atoms with van der Waals surface area (Å²) < 4.78 is 31.5. The van der Waals surface area contributed by atoms with E-state index in [0.717, 1.165) is 0 Å². The van der Waals surface area contributed by atoms with Crippen LogP contribution in [0.2, 0.25) is 0 Å². The third kappa shape index (κ3) is 5.30. The Bertz CT molecular complexity index is 1190. The summed E-state index contributed by atoms with van der Waals surface area (Å²) in [5.41, 5.74) is 1.11. The highest BCUT2D eigenvalue weighted by molar-refractivity contribution is 7.90. The van der Waals surface area contributed by atoms with Crippen LogP contribution in [0.25, 0.3) is 0 Å². The summed E-state index contributed by atoms with van der Waals surface area (Å²) in [5, 5.41) is 5.21. The van der Waals surface area contributed by atoms with Gasteiger partial charge in [-0.3, -0.25) is 19.3 Å². The Morgan fingerprint density at radius 3 is 2.62 bits per heavy atom. The van der Waals surface area contributed by atoms with Gasteiger partial charge in [0.1, 0.15) is 11.9 Å². The highest BCUT2D eigenvalue weighted by atomic mass is 32.2. The molecule has 0 bridgehead atoms. The summed E-state index contributed by atoms with van der Waals surface area (Å²) >= 11 is 0. The molecule has 0 saturated carbocycles. The third-order valence-corrected chi connectivity index (χ3v) is 5.82. The van der Waals surface area contributed by atoms with Crippen LogP contribution in [-0.4, -0.2) is 51.2 Å². The van der Waals surface area contributed by atoms with Gasteiger partial charge in [-0.2, -0.15) is 0 Å². The molecule has 3 N–H and O–H groups in total.